The number of hydrogen-bond acceptors (Lipinski definition) is 5. The molecule has 1 fully saturated rings. The molecule has 0 bridgehead atoms. The predicted octanol–water partition coefficient (Wildman–Crippen LogP) is 2.65. The average Bonchev–Trinajstić information content (AvgIpc) is 2.79. The highest BCUT2D eigenvalue weighted by atomic mass is 32.2. The number of benzene rings is 2. The van der Waals surface area contributed by atoms with Gasteiger partial charge in [0.2, 0.25) is 15.9 Å². The van der Waals surface area contributed by atoms with Crippen molar-refractivity contribution in [2.45, 2.75) is 31.2 Å². The first-order chi connectivity index (χ1) is 15.2. The van der Waals surface area contributed by atoms with Gasteiger partial charge in [-0.05, 0) is 41.3 Å². The molecule has 8 heteroatoms. The zero-order valence-electron chi connectivity index (χ0n) is 18.9. The number of amides is 1. The van der Waals surface area contributed by atoms with Crippen molar-refractivity contribution < 1.29 is 13.2 Å². The normalized spacial score (nSPS) is 15.2. The molecule has 3 rings (SSSR count). The van der Waals surface area contributed by atoms with Crippen LogP contribution in [0.25, 0.3) is 0 Å². The molecule has 1 aliphatic rings. The van der Waals surface area contributed by atoms with Crippen molar-refractivity contribution in [1.82, 2.24) is 14.1 Å². The highest BCUT2D eigenvalue weighted by molar-refractivity contribution is 7.89. The van der Waals surface area contributed by atoms with Crippen molar-refractivity contribution in [1.29, 1.82) is 5.26 Å². The van der Waals surface area contributed by atoms with Crippen LogP contribution < -0.4 is 0 Å². The lowest BCUT2D eigenvalue weighted by atomic mass is 10.0. The number of carbonyl (C=O) groups is 1. The molecular formula is C24H30N4O3S. The van der Waals surface area contributed by atoms with E-state index in [2.05, 4.69) is 43.0 Å². The van der Waals surface area contributed by atoms with Gasteiger partial charge in [-0.1, -0.05) is 38.1 Å². The van der Waals surface area contributed by atoms with Gasteiger partial charge in [-0.25, -0.2) is 8.42 Å². The Morgan fingerprint density at radius 3 is 2.16 bits per heavy atom. The van der Waals surface area contributed by atoms with Gasteiger partial charge < -0.3 is 4.90 Å². The quantitative estimate of drug-likeness (QED) is 0.642. The van der Waals surface area contributed by atoms with Gasteiger partial charge in [-0.3, -0.25) is 9.69 Å². The molecule has 0 N–H and O–H groups in total. The second-order valence-corrected chi connectivity index (χ2v) is 10.5. The topological polar surface area (TPSA) is 84.7 Å². The number of carbonyl (C=O) groups excluding carboxylic acids is 1. The zero-order chi connectivity index (χ0) is 23.3. The number of nitrogens with zero attached hydrogens (tertiary/aromatic N) is 4. The standard InChI is InChI=1S/C24H30N4O3S/c1-19(2)22-8-4-21(5-9-22)17-27-12-14-28(15-13-27)24(29)18-26(3)32(30,31)23-10-6-20(16-25)7-11-23/h4-11,19H,12-15,17-18H2,1-3H3. The molecule has 0 radical (unpaired) electrons. The summed E-state index contributed by atoms with van der Waals surface area (Å²) in [6, 6.07) is 16.3. The molecule has 0 spiro atoms. The van der Waals surface area contributed by atoms with Crippen molar-refractivity contribution in [2.75, 3.05) is 39.8 Å². The Balaban J connectivity index is 1.51. The van der Waals surface area contributed by atoms with Crippen LogP contribution in [0.5, 0.6) is 0 Å². The molecule has 7 nitrogen and oxygen atoms in total. The SMILES string of the molecule is CC(C)c1ccc(CN2CCN(C(=O)CN(C)S(=O)(=O)c3ccc(C#N)cc3)CC2)cc1. The molecule has 32 heavy (non-hydrogen) atoms. The van der Waals surface area contributed by atoms with Crippen LogP contribution in [-0.2, 0) is 21.4 Å². The Bertz CT molecular complexity index is 1070. The van der Waals surface area contributed by atoms with E-state index in [1.54, 1.807) is 4.90 Å². The fourth-order valence-corrected chi connectivity index (χ4v) is 4.80. The highest BCUT2D eigenvalue weighted by Crippen LogP contribution is 2.17. The largest absolute Gasteiger partial charge is 0.339 e. The second-order valence-electron chi connectivity index (χ2n) is 8.45. The molecule has 1 saturated heterocycles. The van der Waals surface area contributed by atoms with Crippen molar-refractivity contribution in [3.8, 4) is 6.07 Å². The maximum atomic E-state index is 12.7. The Morgan fingerprint density at radius 2 is 1.62 bits per heavy atom. The van der Waals surface area contributed by atoms with Crippen LogP contribution in [0.2, 0.25) is 0 Å². The van der Waals surface area contributed by atoms with Gasteiger partial charge in [0.25, 0.3) is 0 Å². The number of nitriles is 1. The molecule has 170 valence electrons. The minimum Gasteiger partial charge on any atom is -0.339 e. The highest BCUT2D eigenvalue weighted by Gasteiger charge is 2.27. The summed E-state index contributed by atoms with van der Waals surface area (Å²) < 4.78 is 26.5. The summed E-state index contributed by atoms with van der Waals surface area (Å²) in [6.45, 7) is 7.65. The zero-order valence-corrected chi connectivity index (χ0v) is 19.7. The van der Waals surface area contributed by atoms with E-state index in [-0.39, 0.29) is 17.3 Å². The third-order valence-electron chi connectivity index (χ3n) is 5.83. The average molecular weight is 455 g/mol. The monoisotopic (exact) mass is 454 g/mol. The van der Waals surface area contributed by atoms with Gasteiger partial charge in [0.1, 0.15) is 0 Å². The Kier molecular flexibility index (Phi) is 7.67. The fraction of sp³-hybridized carbons (Fsp3) is 0.417. The maximum absolute atomic E-state index is 12.7. The first-order valence-corrected chi connectivity index (χ1v) is 12.2. The van der Waals surface area contributed by atoms with Gasteiger partial charge >= 0.3 is 0 Å². The predicted molar refractivity (Wildman–Crippen MR) is 123 cm³/mol. The van der Waals surface area contributed by atoms with E-state index in [9.17, 15) is 13.2 Å². The van der Waals surface area contributed by atoms with Crippen LogP contribution in [0.4, 0.5) is 0 Å². The van der Waals surface area contributed by atoms with E-state index in [0.29, 0.717) is 24.6 Å². The van der Waals surface area contributed by atoms with Crippen LogP contribution in [0.15, 0.2) is 53.4 Å². The van der Waals surface area contributed by atoms with Crippen molar-refractivity contribution in [3.05, 3.63) is 65.2 Å². The molecule has 1 aliphatic heterocycles. The minimum absolute atomic E-state index is 0.0695. The molecule has 0 aromatic heterocycles. The Labute approximate surface area is 190 Å². The smallest absolute Gasteiger partial charge is 0.243 e. The number of sulfonamides is 1. The Morgan fingerprint density at radius 1 is 1.03 bits per heavy atom. The summed E-state index contributed by atoms with van der Waals surface area (Å²) >= 11 is 0. The molecule has 2 aromatic carbocycles. The van der Waals surface area contributed by atoms with E-state index in [4.69, 9.17) is 5.26 Å². The molecule has 0 atom stereocenters. The molecule has 2 aromatic rings. The Hall–Kier alpha value is -2.73. The molecule has 0 aliphatic carbocycles. The van der Waals surface area contributed by atoms with Crippen LogP contribution in [-0.4, -0.2) is 68.2 Å². The van der Waals surface area contributed by atoms with E-state index < -0.39 is 10.0 Å². The molecule has 1 heterocycles. The lowest BCUT2D eigenvalue weighted by Gasteiger charge is -2.35. The molecule has 0 unspecified atom stereocenters. The van der Waals surface area contributed by atoms with Gasteiger partial charge in [-0.15, -0.1) is 0 Å². The van der Waals surface area contributed by atoms with Crippen molar-refractivity contribution in [2.24, 2.45) is 0 Å². The summed E-state index contributed by atoms with van der Waals surface area (Å²) in [5.74, 6) is 0.308. The number of rotatable bonds is 7. The van der Waals surface area contributed by atoms with Gasteiger partial charge in [0.15, 0.2) is 0 Å². The van der Waals surface area contributed by atoms with E-state index in [1.807, 2.05) is 6.07 Å². The van der Waals surface area contributed by atoms with E-state index >= 15 is 0 Å². The summed E-state index contributed by atoms with van der Waals surface area (Å²) in [5, 5.41) is 8.87. The van der Waals surface area contributed by atoms with E-state index in [0.717, 1.165) is 23.9 Å². The summed E-state index contributed by atoms with van der Waals surface area (Å²) in [6.07, 6.45) is 0. The third kappa shape index (κ3) is 5.74. The number of piperazine rings is 1. The van der Waals surface area contributed by atoms with Crippen LogP contribution in [0, 0.1) is 11.3 Å². The molecule has 1 amide bonds. The third-order valence-corrected chi connectivity index (χ3v) is 7.64. The van der Waals surface area contributed by atoms with Gasteiger partial charge in [0, 0.05) is 39.8 Å². The first kappa shape index (κ1) is 23.9. The maximum Gasteiger partial charge on any atom is 0.243 e. The van der Waals surface area contributed by atoms with Crippen molar-refractivity contribution in [3.63, 3.8) is 0 Å². The fourth-order valence-electron chi connectivity index (χ4n) is 3.68. The molecule has 0 saturated carbocycles. The lowest BCUT2D eigenvalue weighted by Crippen LogP contribution is -2.51. The summed E-state index contributed by atoms with van der Waals surface area (Å²) in [7, 11) is -2.39. The van der Waals surface area contributed by atoms with Crippen molar-refractivity contribution >= 4 is 15.9 Å². The minimum atomic E-state index is -3.79. The van der Waals surface area contributed by atoms with Gasteiger partial charge in [0.05, 0.1) is 23.1 Å². The lowest BCUT2D eigenvalue weighted by molar-refractivity contribution is -0.133. The van der Waals surface area contributed by atoms with Crippen LogP contribution >= 0.6 is 0 Å². The second kappa shape index (κ2) is 10.3. The summed E-state index contributed by atoms with van der Waals surface area (Å²) in [5.41, 5.74) is 2.96. The van der Waals surface area contributed by atoms with Gasteiger partial charge in [-0.2, -0.15) is 9.57 Å². The van der Waals surface area contributed by atoms with Crippen LogP contribution in [0.1, 0.15) is 36.5 Å². The first-order valence-electron chi connectivity index (χ1n) is 10.8. The molecular weight excluding hydrogens is 424 g/mol. The number of likely N-dealkylation sites (N-methyl/N-ethyl adjacent to an activating group) is 1. The van der Waals surface area contributed by atoms with E-state index in [1.165, 1.54) is 42.4 Å². The van der Waals surface area contributed by atoms with Crippen LogP contribution in [0.3, 0.4) is 0 Å². The summed E-state index contributed by atoms with van der Waals surface area (Å²) in [4.78, 5) is 16.8. The number of hydrogen-bond donors (Lipinski definition) is 0.